The van der Waals surface area contributed by atoms with Gasteiger partial charge in [0.05, 0.1) is 11.5 Å². The maximum absolute atomic E-state index is 12.5. The van der Waals surface area contributed by atoms with Crippen LogP contribution in [-0.2, 0) is 10.0 Å². The summed E-state index contributed by atoms with van der Waals surface area (Å²) >= 11 is 0. The molecule has 0 aliphatic heterocycles. The van der Waals surface area contributed by atoms with Crippen LogP contribution in [0, 0.1) is 5.92 Å². The Morgan fingerprint density at radius 1 is 1.07 bits per heavy atom. The second kappa shape index (κ2) is 9.71. The highest BCUT2D eigenvalue weighted by Crippen LogP contribution is 2.20. The average molecular weight is 405 g/mol. The Morgan fingerprint density at radius 2 is 1.71 bits per heavy atom. The van der Waals surface area contributed by atoms with Crippen LogP contribution in [0.1, 0.15) is 38.1 Å². The van der Waals surface area contributed by atoms with Crippen LogP contribution in [0.15, 0.2) is 53.4 Å². The van der Waals surface area contributed by atoms with Crippen LogP contribution in [0.2, 0.25) is 0 Å². The van der Waals surface area contributed by atoms with Gasteiger partial charge in [0, 0.05) is 24.3 Å². The zero-order valence-electron chi connectivity index (χ0n) is 16.8. The maximum Gasteiger partial charge on any atom is 0.255 e. The highest BCUT2D eigenvalue weighted by molar-refractivity contribution is 7.89. The third kappa shape index (κ3) is 5.56. The van der Waals surface area contributed by atoms with Gasteiger partial charge in [0.1, 0.15) is 5.75 Å². The van der Waals surface area contributed by atoms with Crippen LogP contribution < -0.4 is 10.1 Å². The highest BCUT2D eigenvalue weighted by atomic mass is 32.2. The molecule has 0 fully saturated rings. The molecule has 0 spiro atoms. The van der Waals surface area contributed by atoms with E-state index in [0.29, 0.717) is 42.6 Å². The topological polar surface area (TPSA) is 75.7 Å². The number of hydrogen-bond acceptors (Lipinski definition) is 4. The van der Waals surface area contributed by atoms with Gasteiger partial charge in [0.15, 0.2) is 0 Å². The summed E-state index contributed by atoms with van der Waals surface area (Å²) < 4.78 is 32.1. The van der Waals surface area contributed by atoms with Crippen LogP contribution in [0.25, 0.3) is 0 Å². The molecule has 0 aromatic heterocycles. The number of ether oxygens (including phenoxy) is 1. The van der Waals surface area contributed by atoms with Crippen molar-refractivity contribution in [3.63, 3.8) is 0 Å². The molecule has 1 N–H and O–H groups in total. The van der Waals surface area contributed by atoms with Crippen molar-refractivity contribution in [2.24, 2.45) is 5.92 Å². The minimum absolute atomic E-state index is 0.207. The summed E-state index contributed by atoms with van der Waals surface area (Å²) in [6.07, 6.45) is 0. The summed E-state index contributed by atoms with van der Waals surface area (Å²) in [6, 6.07) is 13.2. The van der Waals surface area contributed by atoms with Gasteiger partial charge in [-0.05, 0) is 48.4 Å². The number of sulfonamides is 1. The Balaban J connectivity index is 2.10. The van der Waals surface area contributed by atoms with Crippen molar-refractivity contribution in [3.8, 4) is 5.75 Å². The largest absolute Gasteiger partial charge is 0.493 e. The summed E-state index contributed by atoms with van der Waals surface area (Å²) in [5, 5.41) is 2.78. The fraction of sp³-hybridized carbons (Fsp3) is 0.381. The number of carbonyl (C=O) groups excluding carboxylic acids is 1. The molecule has 1 amide bonds. The Bertz CT molecular complexity index is 889. The molecule has 0 bridgehead atoms. The lowest BCUT2D eigenvalue weighted by atomic mass is 10.2. The molecular formula is C21H28N2O4S. The standard InChI is InChI=1S/C21H28N2O4S/c1-5-23(6-2)28(25,26)20-12-10-18(11-13-20)22-21(24)17-8-7-9-19(14-17)27-15-16(3)4/h7-14,16H,5-6,15H2,1-4H3,(H,22,24). The summed E-state index contributed by atoms with van der Waals surface area (Å²) in [5.74, 6) is 0.750. The van der Waals surface area contributed by atoms with Crippen molar-refractivity contribution in [2.75, 3.05) is 25.0 Å². The predicted molar refractivity (Wildman–Crippen MR) is 111 cm³/mol. The quantitative estimate of drug-likeness (QED) is 0.685. The summed E-state index contributed by atoms with van der Waals surface area (Å²) in [6.45, 7) is 9.11. The fourth-order valence-corrected chi connectivity index (χ4v) is 4.07. The highest BCUT2D eigenvalue weighted by Gasteiger charge is 2.21. The molecule has 0 unspecified atom stereocenters. The van der Waals surface area contributed by atoms with Gasteiger partial charge < -0.3 is 10.1 Å². The monoisotopic (exact) mass is 404 g/mol. The van der Waals surface area contributed by atoms with E-state index >= 15 is 0 Å². The molecule has 0 heterocycles. The molecule has 0 aliphatic rings. The average Bonchev–Trinajstić information content (AvgIpc) is 2.67. The molecule has 2 rings (SSSR count). The third-order valence-corrected chi connectivity index (χ3v) is 6.20. The Kier molecular flexibility index (Phi) is 7.60. The number of benzene rings is 2. The van der Waals surface area contributed by atoms with Crippen LogP contribution in [0.5, 0.6) is 5.75 Å². The van der Waals surface area contributed by atoms with E-state index in [0.717, 1.165) is 0 Å². The third-order valence-electron chi connectivity index (χ3n) is 4.13. The van der Waals surface area contributed by atoms with Gasteiger partial charge in [-0.3, -0.25) is 4.79 Å². The molecule has 0 aliphatic carbocycles. The van der Waals surface area contributed by atoms with E-state index in [4.69, 9.17) is 4.74 Å². The molecule has 0 atom stereocenters. The molecule has 0 saturated carbocycles. The number of hydrogen-bond donors (Lipinski definition) is 1. The first kappa shape index (κ1) is 21.9. The Labute approximate surface area is 167 Å². The minimum atomic E-state index is -3.51. The maximum atomic E-state index is 12.5. The zero-order chi connectivity index (χ0) is 20.7. The van der Waals surface area contributed by atoms with Crippen LogP contribution in [0.4, 0.5) is 5.69 Å². The fourth-order valence-electron chi connectivity index (χ4n) is 2.62. The van der Waals surface area contributed by atoms with Gasteiger partial charge >= 0.3 is 0 Å². The molecule has 6 nitrogen and oxygen atoms in total. The van der Waals surface area contributed by atoms with E-state index in [-0.39, 0.29) is 10.8 Å². The predicted octanol–water partition coefficient (Wildman–Crippen LogP) is 4.00. The van der Waals surface area contributed by atoms with Crippen molar-refractivity contribution in [3.05, 3.63) is 54.1 Å². The molecule has 2 aromatic carbocycles. The molecule has 152 valence electrons. The lowest BCUT2D eigenvalue weighted by Crippen LogP contribution is -2.30. The summed E-state index contributed by atoms with van der Waals surface area (Å²) in [7, 11) is -3.51. The smallest absolute Gasteiger partial charge is 0.255 e. The molecule has 28 heavy (non-hydrogen) atoms. The number of carbonyl (C=O) groups is 1. The van der Waals surface area contributed by atoms with E-state index in [2.05, 4.69) is 19.2 Å². The first-order chi connectivity index (χ1) is 13.3. The van der Waals surface area contributed by atoms with Gasteiger partial charge in [-0.1, -0.05) is 33.8 Å². The van der Waals surface area contributed by atoms with Crippen molar-refractivity contribution in [2.45, 2.75) is 32.6 Å². The lowest BCUT2D eigenvalue weighted by Gasteiger charge is -2.18. The number of nitrogens with one attached hydrogen (secondary N) is 1. The van der Waals surface area contributed by atoms with E-state index in [1.54, 1.807) is 44.2 Å². The van der Waals surface area contributed by atoms with Gasteiger partial charge in [-0.25, -0.2) is 8.42 Å². The van der Waals surface area contributed by atoms with Crippen molar-refractivity contribution in [1.29, 1.82) is 0 Å². The summed E-state index contributed by atoms with van der Waals surface area (Å²) in [4.78, 5) is 12.7. The van der Waals surface area contributed by atoms with Gasteiger partial charge in [0.25, 0.3) is 5.91 Å². The second-order valence-corrected chi connectivity index (χ2v) is 8.74. The van der Waals surface area contributed by atoms with Crippen molar-refractivity contribution in [1.82, 2.24) is 4.31 Å². The molecule has 0 saturated heterocycles. The number of rotatable bonds is 9. The first-order valence-corrected chi connectivity index (χ1v) is 10.9. The van der Waals surface area contributed by atoms with E-state index in [1.807, 2.05) is 6.07 Å². The Morgan fingerprint density at radius 3 is 2.29 bits per heavy atom. The van der Waals surface area contributed by atoms with Crippen molar-refractivity contribution >= 4 is 21.6 Å². The van der Waals surface area contributed by atoms with E-state index in [1.165, 1.54) is 16.4 Å². The van der Waals surface area contributed by atoms with Crippen LogP contribution >= 0.6 is 0 Å². The van der Waals surface area contributed by atoms with Gasteiger partial charge in [-0.15, -0.1) is 0 Å². The lowest BCUT2D eigenvalue weighted by molar-refractivity contribution is 0.102. The molecular weight excluding hydrogens is 376 g/mol. The molecule has 7 heteroatoms. The second-order valence-electron chi connectivity index (χ2n) is 6.80. The van der Waals surface area contributed by atoms with Gasteiger partial charge in [-0.2, -0.15) is 4.31 Å². The molecule has 0 radical (unpaired) electrons. The van der Waals surface area contributed by atoms with Crippen LogP contribution in [0.3, 0.4) is 0 Å². The normalized spacial score (nSPS) is 11.6. The van der Waals surface area contributed by atoms with E-state index < -0.39 is 10.0 Å². The SMILES string of the molecule is CCN(CC)S(=O)(=O)c1ccc(NC(=O)c2cccc(OCC(C)C)c2)cc1. The minimum Gasteiger partial charge on any atom is -0.493 e. The van der Waals surface area contributed by atoms with E-state index in [9.17, 15) is 13.2 Å². The van der Waals surface area contributed by atoms with Gasteiger partial charge in [0.2, 0.25) is 10.0 Å². The van der Waals surface area contributed by atoms with Crippen molar-refractivity contribution < 1.29 is 17.9 Å². The Hall–Kier alpha value is -2.38. The molecule has 2 aromatic rings. The van der Waals surface area contributed by atoms with Crippen LogP contribution in [-0.4, -0.2) is 38.3 Å². The summed E-state index contributed by atoms with van der Waals surface area (Å²) in [5.41, 5.74) is 0.998. The number of nitrogens with zero attached hydrogens (tertiary/aromatic N) is 1. The first-order valence-electron chi connectivity index (χ1n) is 9.42. The number of anilines is 1. The number of amides is 1. The zero-order valence-corrected chi connectivity index (χ0v) is 17.6.